The molecule has 0 N–H and O–H groups in total. The highest BCUT2D eigenvalue weighted by Gasteiger charge is 2.36. The lowest BCUT2D eigenvalue weighted by molar-refractivity contribution is 0.130. The van der Waals surface area contributed by atoms with Crippen LogP contribution in [-0.4, -0.2) is 5.60 Å². The second kappa shape index (κ2) is 19.5. The third kappa shape index (κ3) is 13.5. The van der Waals surface area contributed by atoms with E-state index in [1.807, 2.05) is 59.7 Å². The molecular formula is C52H56F4O7P2. The summed E-state index contributed by atoms with van der Waals surface area (Å²) >= 11 is 0. The summed E-state index contributed by atoms with van der Waals surface area (Å²) in [5, 5.41) is 0. The fourth-order valence-corrected chi connectivity index (χ4v) is 8.47. The first-order valence-corrected chi connectivity index (χ1v) is 23.3. The Morgan fingerprint density at radius 3 is 0.938 bits per heavy atom. The minimum absolute atomic E-state index is 0.265. The van der Waals surface area contributed by atoms with E-state index in [1.54, 1.807) is 0 Å². The molecule has 6 aromatic rings. The van der Waals surface area contributed by atoms with Gasteiger partial charge in [0.1, 0.15) is 69.1 Å². The van der Waals surface area contributed by atoms with Gasteiger partial charge in [-0.15, -0.1) is 0 Å². The molecule has 6 aromatic carbocycles. The fourth-order valence-electron chi connectivity index (χ4n) is 6.37. The molecule has 13 heteroatoms. The van der Waals surface area contributed by atoms with Crippen LogP contribution < -0.4 is 31.9 Å². The highest BCUT2D eigenvalue weighted by atomic mass is 31.2. The Labute approximate surface area is 383 Å². The van der Waals surface area contributed by atoms with Crippen LogP contribution in [0.5, 0.6) is 40.2 Å². The van der Waals surface area contributed by atoms with Crippen LogP contribution in [0.2, 0.25) is 0 Å². The molecule has 0 saturated carbocycles. The van der Waals surface area contributed by atoms with Crippen LogP contribution in [0.25, 0.3) is 11.1 Å². The van der Waals surface area contributed by atoms with Gasteiger partial charge >= 0.3 is 17.2 Å². The summed E-state index contributed by atoms with van der Waals surface area (Å²) in [4.78, 5) is 0. The van der Waals surface area contributed by atoms with Crippen molar-refractivity contribution in [2.45, 2.75) is 105 Å². The summed E-state index contributed by atoms with van der Waals surface area (Å²) < 4.78 is 103. The Balaban J connectivity index is 1.66. The van der Waals surface area contributed by atoms with E-state index in [-0.39, 0.29) is 28.4 Å². The molecule has 0 bridgehead atoms. The minimum Gasteiger partial charge on any atom is -0.488 e. The topological polar surface area (TPSA) is 64.6 Å². The van der Waals surface area contributed by atoms with E-state index in [2.05, 4.69) is 47.6 Å². The third-order valence-corrected chi connectivity index (χ3v) is 11.8. The van der Waals surface area contributed by atoms with Crippen LogP contribution in [0.15, 0.2) is 121 Å². The third-order valence-electron chi connectivity index (χ3n) is 9.65. The zero-order chi connectivity index (χ0) is 47.5. The summed E-state index contributed by atoms with van der Waals surface area (Å²) in [7, 11) is -4.81. The lowest BCUT2D eigenvalue weighted by Gasteiger charge is -2.32. The van der Waals surface area contributed by atoms with Gasteiger partial charge in [0.2, 0.25) is 0 Å². The van der Waals surface area contributed by atoms with Crippen molar-refractivity contribution in [2.75, 3.05) is 0 Å². The normalized spacial score (nSPS) is 12.3. The maximum atomic E-state index is 14.2. The van der Waals surface area contributed by atoms with Gasteiger partial charge in [-0.3, -0.25) is 0 Å². The SMILES string of the molecule is CC(C)(C)Oc1cc(-c2cc(C(C)(C)C)cc(C(C)(C)C)c2OP(Oc2ccc(F)cc2)Oc2ccc(F)cc2)c(OP(Oc2ccc(F)cc2)Oc2ccc(F)cc2)c(C(C)(C)C)c1. The van der Waals surface area contributed by atoms with Crippen LogP contribution in [0.4, 0.5) is 17.6 Å². The van der Waals surface area contributed by atoms with Gasteiger partial charge in [-0.05, 0) is 158 Å². The van der Waals surface area contributed by atoms with Gasteiger partial charge in [0.15, 0.2) is 0 Å². The van der Waals surface area contributed by atoms with E-state index in [9.17, 15) is 17.6 Å². The average Bonchev–Trinajstić information content (AvgIpc) is 3.20. The molecule has 0 heterocycles. The predicted molar refractivity (Wildman–Crippen MR) is 252 cm³/mol. The Morgan fingerprint density at radius 1 is 0.338 bits per heavy atom. The lowest BCUT2D eigenvalue weighted by atomic mass is 9.77. The zero-order valence-corrected chi connectivity index (χ0v) is 40.6. The molecule has 0 radical (unpaired) electrons. The van der Waals surface area contributed by atoms with Crippen molar-refractivity contribution in [2.24, 2.45) is 0 Å². The van der Waals surface area contributed by atoms with Gasteiger partial charge in [-0.1, -0.05) is 68.4 Å². The van der Waals surface area contributed by atoms with Crippen molar-refractivity contribution in [1.82, 2.24) is 0 Å². The average molecular weight is 931 g/mol. The standard InChI is InChI=1S/C52H56F4O7P2/c1-49(2,3)33-29-43(47(45(30-33)50(4,5)6)62-64(58-38-21-13-34(53)14-22-38)59-39-23-15-35(54)16-24-39)44-31-42(57-52(10,11)12)32-46(51(7,8)9)48(44)63-65(60-40-25-17-36(55)18-26-40)61-41-27-19-37(56)20-28-41/h13-32H,1-12H3. The molecular weight excluding hydrogens is 875 g/mol. The molecule has 0 aliphatic heterocycles. The fraction of sp³-hybridized carbons (Fsp3) is 0.308. The summed E-state index contributed by atoms with van der Waals surface area (Å²) in [6, 6.07) is 29.8. The molecule has 65 heavy (non-hydrogen) atoms. The van der Waals surface area contributed by atoms with Gasteiger partial charge < -0.3 is 31.9 Å². The van der Waals surface area contributed by atoms with E-state index in [4.69, 9.17) is 31.9 Å². The van der Waals surface area contributed by atoms with E-state index < -0.39 is 56.9 Å². The Hall–Kier alpha value is -5.50. The molecule has 0 aliphatic rings. The van der Waals surface area contributed by atoms with E-state index >= 15 is 0 Å². The quantitative estimate of drug-likeness (QED) is 0.0796. The second-order valence-electron chi connectivity index (χ2n) is 19.5. The highest BCUT2D eigenvalue weighted by molar-refractivity contribution is 7.43. The second-order valence-corrected chi connectivity index (χ2v) is 21.5. The molecule has 0 saturated heterocycles. The van der Waals surface area contributed by atoms with Gasteiger partial charge in [-0.2, -0.15) is 0 Å². The highest BCUT2D eigenvalue weighted by Crippen LogP contribution is 2.56. The van der Waals surface area contributed by atoms with Crippen molar-refractivity contribution >= 4 is 17.2 Å². The van der Waals surface area contributed by atoms with E-state index in [1.165, 1.54) is 97.1 Å². The van der Waals surface area contributed by atoms with Crippen molar-refractivity contribution in [3.8, 4) is 51.4 Å². The Kier molecular flexibility index (Phi) is 14.7. The lowest BCUT2D eigenvalue weighted by Crippen LogP contribution is -2.24. The zero-order valence-electron chi connectivity index (χ0n) is 38.8. The van der Waals surface area contributed by atoms with Crippen molar-refractivity contribution in [3.63, 3.8) is 0 Å². The molecule has 0 amide bonds. The summed E-state index contributed by atoms with van der Waals surface area (Å²) in [6.45, 7) is 24.5. The molecule has 6 rings (SSSR count). The molecule has 0 atom stereocenters. The van der Waals surface area contributed by atoms with Crippen LogP contribution in [0.3, 0.4) is 0 Å². The number of hydrogen-bond acceptors (Lipinski definition) is 7. The van der Waals surface area contributed by atoms with Crippen LogP contribution in [0, 0.1) is 23.3 Å². The smallest absolute Gasteiger partial charge is 0.488 e. The molecule has 0 aromatic heterocycles. The summed E-state index contributed by atoms with van der Waals surface area (Å²) in [5.74, 6) is 0.509. The summed E-state index contributed by atoms with van der Waals surface area (Å²) in [6.07, 6.45) is 0. The summed E-state index contributed by atoms with van der Waals surface area (Å²) in [5.41, 5.74) is 1.39. The van der Waals surface area contributed by atoms with Crippen molar-refractivity contribution < 1.29 is 49.4 Å². The number of ether oxygens (including phenoxy) is 1. The van der Waals surface area contributed by atoms with Gasteiger partial charge in [0.05, 0.1) is 0 Å². The largest absolute Gasteiger partial charge is 0.530 e. The molecule has 0 aliphatic carbocycles. The molecule has 0 unspecified atom stereocenters. The van der Waals surface area contributed by atoms with Gasteiger partial charge in [0.25, 0.3) is 0 Å². The van der Waals surface area contributed by atoms with E-state index in [0.717, 1.165) is 11.1 Å². The number of benzene rings is 6. The first-order chi connectivity index (χ1) is 30.3. The number of halogens is 4. The number of hydrogen-bond donors (Lipinski definition) is 0. The van der Waals surface area contributed by atoms with Crippen LogP contribution in [-0.2, 0) is 16.2 Å². The first kappa shape index (κ1) is 48.9. The predicted octanol–water partition coefficient (Wildman–Crippen LogP) is 16.5. The number of rotatable bonds is 14. The molecule has 7 nitrogen and oxygen atoms in total. The van der Waals surface area contributed by atoms with Crippen molar-refractivity contribution in [3.05, 3.63) is 161 Å². The molecule has 344 valence electrons. The Bertz CT molecular complexity index is 2450. The first-order valence-electron chi connectivity index (χ1n) is 21.1. The van der Waals surface area contributed by atoms with Crippen molar-refractivity contribution in [1.29, 1.82) is 0 Å². The molecule has 0 fully saturated rings. The molecule has 0 spiro atoms. The maximum absolute atomic E-state index is 14.2. The van der Waals surface area contributed by atoms with Gasteiger partial charge in [0, 0.05) is 22.3 Å². The monoisotopic (exact) mass is 930 g/mol. The van der Waals surface area contributed by atoms with Crippen LogP contribution in [0.1, 0.15) is 99.8 Å². The maximum Gasteiger partial charge on any atom is 0.530 e. The van der Waals surface area contributed by atoms with Gasteiger partial charge in [-0.25, -0.2) is 17.6 Å². The minimum atomic E-state index is -2.41. The van der Waals surface area contributed by atoms with Crippen LogP contribution >= 0.6 is 17.2 Å². The van der Waals surface area contributed by atoms with E-state index in [0.29, 0.717) is 33.9 Å². The Morgan fingerprint density at radius 2 is 0.646 bits per heavy atom.